The minimum absolute atomic E-state index is 0.210. The number of benzene rings is 4. The van der Waals surface area contributed by atoms with E-state index in [4.69, 9.17) is 0 Å². The fraction of sp³-hybridized carbons (Fsp3) is 0.407. The van der Waals surface area contributed by atoms with E-state index >= 15 is 0 Å². The van der Waals surface area contributed by atoms with Crippen LogP contribution < -0.4 is 0 Å². The summed E-state index contributed by atoms with van der Waals surface area (Å²) in [6, 6.07) is 19.1. The summed E-state index contributed by atoms with van der Waals surface area (Å²) in [5.41, 5.74) is 3.39. The number of hydrogen-bond donors (Lipinski definition) is 0. The normalized spacial score (nSPS) is 13.3. The molecule has 0 saturated heterocycles. The van der Waals surface area contributed by atoms with Crippen molar-refractivity contribution in [3.8, 4) is 0 Å². The first kappa shape index (κ1) is 18.3. The molecule has 0 fully saturated rings. The highest BCUT2D eigenvalue weighted by Crippen LogP contribution is 2.41. The van der Waals surface area contributed by atoms with E-state index in [2.05, 4.69) is 90.1 Å². The molecule has 0 aliphatic rings. The van der Waals surface area contributed by atoms with Crippen LogP contribution >= 0.6 is 0 Å². The highest BCUT2D eigenvalue weighted by molar-refractivity contribution is 6.23. The van der Waals surface area contributed by atoms with E-state index < -0.39 is 0 Å². The topological polar surface area (TPSA) is 0 Å². The van der Waals surface area contributed by atoms with Crippen LogP contribution in [0.15, 0.2) is 48.5 Å². The van der Waals surface area contributed by atoms with Crippen LogP contribution in [0, 0.1) is 0 Å². The van der Waals surface area contributed by atoms with Gasteiger partial charge in [0.05, 0.1) is 0 Å². The lowest BCUT2D eigenvalue weighted by molar-refractivity contribution is 0.440. The average Bonchev–Trinajstić information content (AvgIpc) is 2.70. The largest absolute Gasteiger partial charge is 0.0646 e. The van der Waals surface area contributed by atoms with Gasteiger partial charge in [-0.1, -0.05) is 90.1 Å². The van der Waals surface area contributed by atoms with Gasteiger partial charge in [0.2, 0.25) is 0 Å². The monoisotopic (exact) mass is 356 g/mol. The Morgan fingerprint density at radius 1 is 0.556 bits per heavy atom. The molecule has 0 aliphatic heterocycles. The summed E-state index contributed by atoms with van der Waals surface area (Å²) < 4.78 is 0. The molecule has 0 heterocycles. The average molecular weight is 357 g/mol. The maximum atomic E-state index is 2.44. The summed E-state index contributed by atoms with van der Waals surface area (Å²) in [6.45, 7) is 14.0. The van der Waals surface area contributed by atoms with Gasteiger partial charge >= 0.3 is 0 Å². The maximum Gasteiger partial charge on any atom is -0.00266 e. The Morgan fingerprint density at radius 3 is 1.26 bits per heavy atom. The molecule has 0 amide bonds. The molecule has 0 N–H and O–H groups in total. The first-order valence-electron chi connectivity index (χ1n) is 10.6. The smallest absolute Gasteiger partial charge is 0.00266 e. The quantitative estimate of drug-likeness (QED) is 0.315. The van der Waals surface area contributed by atoms with Crippen molar-refractivity contribution >= 4 is 32.3 Å². The summed E-state index contributed by atoms with van der Waals surface area (Å²) in [4.78, 5) is 0. The van der Waals surface area contributed by atoms with E-state index in [1.807, 2.05) is 0 Å². The van der Waals surface area contributed by atoms with Gasteiger partial charge in [-0.05, 0) is 73.5 Å². The third-order valence-electron chi connectivity index (χ3n) is 7.46. The van der Waals surface area contributed by atoms with Crippen LogP contribution in [0.4, 0.5) is 0 Å². The molecule has 0 aliphatic carbocycles. The SMILES string of the molecule is CCC(C)(C)c1cc2ccc3cc(C(C)(CC)CC)cc4ccc(c1)c2c34. The highest BCUT2D eigenvalue weighted by atomic mass is 14.3. The van der Waals surface area contributed by atoms with Crippen molar-refractivity contribution in [1.29, 1.82) is 0 Å². The van der Waals surface area contributed by atoms with E-state index in [-0.39, 0.29) is 10.8 Å². The van der Waals surface area contributed by atoms with E-state index in [0.29, 0.717) is 0 Å². The lowest BCUT2D eigenvalue weighted by atomic mass is 9.76. The Morgan fingerprint density at radius 2 is 0.926 bits per heavy atom. The van der Waals surface area contributed by atoms with Crippen LogP contribution in [-0.2, 0) is 10.8 Å². The molecule has 4 aromatic rings. The molecule has 0 unspecified atom stereocenters. The molecule has 27 heavy (non-hydrogen) atoms. The molecule has 140 valence electrons. The maximum absolute atomic E-state index is 2.44. The molecular weight excluding hydrogens is 324 g/mol. The Kier molecular flexibility index (Phi) is 4.22. The Balaban J connectivity index is 2.04. The summed E-state index contributed by atoms with van der Waals surface area (Å²) in [5.74, 6) is 0. The van der Waals surface area contributed by atoms with Crippen LogP contribution in [-0.4, -0.2) is 0 Å². The first-order chi connectivity index (χ1) is 12.8. The molecule has 0 heteroatoms. The number of rotatable bonds is 5. The van der Waals surface area contributed by atoms with Gasteiger partial charge in [0.1, 0.15) is 0 Å². The Bertz CT molecular complexity index is 1040. The van der Waals surface area contributed by atoms with Gasteiger partial charge in [-0.2, -0.15) is 0 Å². The van der Waals surface area contributed by atoms with Crippen LogP contribution in [0.1, 0.15) is 71.9 Å². The second kappa shape index (κ2) is 6.23. The third kappa shape index (κ3) is 2.73. The van der Waals surface area contributed by atoms with E-state index in [9.17, 15) is 0 Å². The molecule has 0 atom stereocenters. The predicted molar refractivity (Wildman–Crippen MR) is 121 cm³/mol. The molecule has 0 radical (unpaired) electrons. The van der Waals surface area contributed by atoms with Crippen molar-refractivity contribution in [2.75, 3.05) is 0 Å². The lowest BCUT2D eigenvalue weighted by Gasteiger charge is -2.29. The van der Waals surface area contributed by atoms with E-state index in [0.717, 1.165) is 6.42 Å². The summed E-state index contributed by atoms with van der Waals surface area (Å²) in [6.07, 6.45) is 3.50. The molecule has 4 aromatic carbocycles. The second-order valence-electron chi connectivity index (χ2n) is 9.23. The summed E-state index contributed by atoms with van der Waals surface area (Å²) >= 11 is 0. The molecule has 0 aromatic heterocycles. The minimum atomic E-state index is 0.210. The zero-order valence-electron chi connectivity index (χ0n) is 17.7. The molecule has 0 saturated carbocycles. The summed E-state index contributed by atoms with van der Waals surface area (Å²) in [5, 5.41) is 8.39. The Labute approximate surface area is 163 Å². The predicted octanol–water partition coefficient (Wildman–Crippen LogP) is 8.35. The van der Waals surface area contributed by atoms with Crippen molar-refractivity contribution in [2.45, 2.75) is 71.6 Å². The van der Waals surface area contributed by atoms with Crippen molar-refractivity contribution in [3.05, 3.63) is 59.7 Å². The fourth-order valence-corrected chi connectivity index (χ4v) is 4.44. The van der Waals surface area contributed by atoms with Crippen molar-refractivity contribution in [1.82, 2.24) is 0 Å². The highest BCUT2D eigenvalue weighted by Gasteiger charge is 2.24. The molecule has 4 rings (SSSR count). The molecule has 0 bridgehead atoms. The number of hydrogen-bond acceptors (Lipinski definition) is 0. The van der Waals surface area contributed by atoms with Gasteiger partial charge in [-0.3, -0.25) is 0 Å². The van der Waals surface area contributed by atoms with Gasteiger partial charge in [-0.25, -0.2) is 0 Å². The van der Waals surface area contributed by atoms with Gasteiger partial charge in [-0.15, -0.1) is 0 Å². The molecular formula is C27H32. The fourth-order valence-electron chi connectivity index (χ4n) is 4.44. The lowest BCUT2D eigenvalue weighted by Crippen LogP contribution is -2.19. The van der Waals surface area contributed by atoms with Crippen LogP contribution in [0.3, 0.4) is 0 Å². The van der Waals surface area contributed by atoms with Crippen molar-refractivity contribution in [3.63, 3.8) is 0 Å². The van der Waals surface area contributed by atoms with Crippen LogP contribution in [0.25, 0.3) is 32.3 Å². The van der Waals surface area contributed by atoms with E-state index in [1.54, 1.807) is 0 Å². The molecule has 0 spiro atoms. The zero-order chi connectivity index (χ0) is 19.4. The third-order valence-corrected chi connectivity index (χ3v) is 7.46. The standard InChI is InChI=1S/C27H32/c1-7-26(4,5)22-14-18-10-12-20-16-23(27(6,8-2)9-3)17-21-13-11-19(15-22)24(18)25(20)21/h10-17H,7-9H2,1-6H3. The summed E-state index contributed by atoms with van der Waals surface area (Å²) in [7, 11) is 0. The van der Waals surface area contributed by atoms with Gasteiger partial charge in [0.25, 0.3) is 0 Å². The van der Waals surface area contributed by atoms with Crippen LogP contribution in [0.5, 0.6) is 0 Å². The van der Waals surface area contributed by atoms with Crippen molar-refractivity contribution < 1.29 is 0 Å². The van der Waals surface area contributed by atoms with Gasteiger partial charge < -0.3 is 0 Å². The minimum Gasteiger partial charge on any atom is -0.0646 e. The van der Waals surface area contributed by atoms with Gasteiger partial charge in [0, 0.05) is 0 Å². The second-order valence-corrected chi connectivity index (χ2v) is 9.23. The van der Waals surface area contributed by atoms with Gasteiger partial charge in [0.15, 0.2) is 0 Å². The van der Waals surface area contributed by atoms with E-state index in [1.165, 1.54) is 56.3 Å². The molecule has 0 nitrogen and oxygen atoms in total. The van der Waals surface area contributed by atoms with Crippen molar-refractivity contribution in [2.24, 2.45) is 0 Å². The zero-order valence-corrected chi connectivity index (χ0v) is 17.7. The Hall–Kier alpha value is -2.08. The van der Waals surface area contributed by atoms with Crippen LogP contribution in [0.2, 0.25) is 0 Å². The first-order valence-corrected chi connectivity index (χ1v) is 10.6.